The molecule has 1 rings (SSSR count). The molecule has 0 fully saturated rings. The quantitative estimate of drug-likeness (QED) is 0.661. The number of hydrogen-bond acceptors (Lipinski definition) is 5. The van der Waals surface area contributed by atoms with Crippen molar-refractivity contribution in [1.29, 1.82) is 0 Å². The maximum atomic E-state index is 12.7. The zero-order valence-corrected chi connectivity index (χ0v) is 12.4. The first-order valence-corrected chi connectivity index (χ1v) is 7.96. The third-order valence-corrected chi connectivity index (χ3v) is 3.16. The number of nitrogens with zero attached hydrogens (tertiary/aromatic N) is 1. The number of anilines is 2. The van der Waals surface area contributed by atoms with Crippen molar-refractivity contribution in [2.24, 2.45) is 0 Å². The first-order chi connectivity index (χ1) is 9.62. The van der Waals surface area contributed by atoms with Gasteiger partial charge in [-0.15, -0.1) is 0 Å². The van der Waals surface area contributed by atoms with Crippen molar-refractivity contribution in [2.75, 3.05) is 37.0 Å². The molecular formula is C11H17F3N4O2S. The Labute approximate surface area is 121 Å². The van der Waals surface area contributed by atoms with Gasteiger partial charge in [-0.2, -0.15) is 13.2 Å². The Balaban J connectivity index is 2.62. The van der Waals surface area contributed by atoms with E-state index in [1.54, 1.807) is 0 Å². The van der Waals surface area contributed by atoms with Crippen molar-refractivity contribution in [3.63, 3.8) is 0 Å². The number of halogens is 3. The summed E-state index contributed by atoms with van der Waals surface area (Å²) in [5.41, 5.74) is -0.807. The van der Waals surface area contributed by atoms with Gasteiger partial charge in [0.2, 0.25) is 10.0 Å². The Hall–Kier alpha value is -1.55. The van der Waals surface area contributed by atoms with Gasteiger partial charge < -0.3 is 10.6 Å². The molecule has 0 saturated carbocycles. The molecule has 0 aliphatic carbocycles. The molecular weight excluding hydrogens is 309 g/mol. The monoisotopic (exact) mass is 326 g/mol. The minimum Gasteiger partial charge on any atom is -0.373 e. The molecule has 0 atom stereocenters. The molecule has 6 nitrogen and oxygen atoms in total. The maximum Gasteiger partial charge on any atom is 0.416 e. The van der Waals surface area contributed by atoms with Crippen LogP contribution in [0, 0.1) is 0 Å². The lowest BCUT2D eigenvalue weighted by atomic mass is 10.2. The molecule has 0 unspecified atom stereocenters. The molecule has 0 spiro atoms. The topological polar surface area (TPSA) is 83.1 Å². The van der Waals surface area contributed by atoms with E-state index in [1.807, 2.05) is 0 Å². The molecule has 3 N–H and O–H groups in total. The molecule has 0 aliphatic rings. The fourth-order valence-corrected chi connectivity index (χ4v) is 1.99. The summed E-state index contributed by atoms with van der Waals surface area (Å²) in [5.74, 6) is 0.176. The van der Waals surface area contributed by atoms with Gasteiger partial charge in [0.1, 0.15) is 11.6 Å². The lowest BCUT2D eigenvalue weighted by Crippen LogP contribution is -2.24. The smallest absolute Gasteiger partial charge is 0.373 e. The molecule has 0 saturated heterocycles. The van der Waals surface area contributed by atoms with Crippen LogP contribution in [0.1, 0.15) is 12.0 Å². The van der Waals surface area contributed by atoms with Gasteiger partial charge >= 0.3 is 6.18 Å². The second-order valence-corrected chi connectivity index (χ2v) is 6.15. The molecule has 10 heteroatoms. The van der Waals surface area contributed by atoms with Crippen LogP contribution in [0.15, 0.2) is 12.1 Å². The molecule has 0 radical (unpaired) electrons. The van der Waals surface area contributed by atoms with E-state index in [9.17, 15) is 21.6 Å². The van der Waals surface area contributed by atoms with E-state index < -0.39 is 21.8 Å². The fraction of sp³-hybridized carbons (Fsp3) is 0.545. The Bertz CT molecular complexity index is 575. The summed E-state index contributed by atoms with van der Waals surface area (Å²) >= 11 is 0. The van der Waals surface area contributed by atoms with Crippen LogP contribution in [0.3, 0.4) is 0 Å². The lowest BCUT2D eigenvalue weighted by molar-refractivity contribution is -0.137. The third-order valence-electron chi connectivity index (χ3n) is 2.43. The Morgan fingerprint density at radius 2 is 1.81 bits per heavy atom. The second-order valence-electron chi connectivity index (χ2n) is 4.32. The summed E-state index contributed by atoms with van der Waals surface area (Å²) in [5, 5.41) is 5.29. The number of aromatic nitrogens is 1. The summed E-state index contributed by atoms with van der Waals surface area (Å²) in [4.78, 5) is 3.95. The van der Waals surface area contributed by atoms with Crippen molar-refractivity contribution in [1.82, 2.24) is 9.71 Å². The first-order valence-electron chi connectivity index (χ1n) is 6.07. The van der Waals surface area contributed by atoms with Crippen LogP contribution in [-0.2, 0) is 16.2 Å². The molecule has 0 amide bonds. The van der Waals surface area contributed by atoms with E-state index in [4.69, 9.17) is 0 Å². The van der Waals surface area contributed by atoms with E-state index in [0.29, 0.717) is 13.0 Å². The lowest BCUT2D eigenvalue weighted by Gasteiger charge is -2.12. The van der Waals surface area contributed by atoms with Crippen LogP contribution < -0.4 is 15.4 Å². The molecule has 0 aliphatic heterocycles. The van der Waals surface area contributed by atoms with Gasteiger partial charge in [0.15, 0.2) is 0 Å². The van der Waals surface area contributed by atoms with Gasteiger partial charge in [-0.3, -0.25) is 0 Å². The Morgan fingerprint density at radius 1 is 1.19 bits per heavy atom. The van der Waals surface area contributed by atoms with Gasteiger partial charge in [0.25, 0.3) is 0 Å². The molecule has 0 bridgehead atoms. The van der Waals surface area contributed by atoms with E-state index in [2.05, 4.69) is 20.3 Å². The summed E-state index contributed by atoms with van der Waals surface area (Å²) < 4.78 is 62.0. The maximum absolute atomic E-state index is 12.7. The van der Waals surface area contributed by atoms with Crippen molar-refractivity contribution in [2.45, 2.75) is 12.6 Å². The highest BCUT2D eigenvalue weighted by Gasteiger charge is 2.31. The summed E-state index contributed by atoms with van der Waals surface area (Å²) in [6.45, 7) is 0.490. The highest BCUT2D eigenvalue weighted by Crippen LogP contribution is 2.31. The van der Waals surface area contributed by atoms with E-state index >= 15 is 0 Å². The number of sulfonamides is 1. The molecule has 1 aromatic rings. The van der Waals surface area contributed by atoms with Crippen LogP contribution in [0.25, 0.3) is 0 Å². The minimum absolute atomic E-state index is 0.0773. The van der Waals surface area contributed by atoms with E-state index in [0.717, 1.165) is 18.4 Å². The summed E-state index contributed by atoms with van der Waals surface area (Å²) in [6.07, 6.45) is -3.00. The van der Waals surface area contributed by atoms with Crippen LogP contribution >= 0.6 is 0 Å². The minimum atomic E-state index is -4.46. The number of pyridine rings is 1. The molecule has 1 heterocycles. The standard InChI is InChI=1S/C11H17F3N4O2S/c1-15-9-6-8(11(12,13)14)7-10(18-9)16-4-3-5-17-21(2,19)20/h6-7,17H,3-5H2,1-2H3,(H2,15,16,18). The zero-order valence-electron chi connectivity index (χ0n) is 11.6. The van der Waals surface area contributed by atoms with Crippen molar-refractivity contribution in [3.05, 3.63) is 17.7 Å². The summed E-state index contributed by atoms with van der Waals surface area (Å²) in [7, 11) is -1.78. The van der Waals surface area contributed by atoms with Gasteiger partial charge in [-0.1, -0.05) is 0 Å². The zero-order chi connectivity index (χ0) is 16.1. The van der Waals surface area contributed by atoms with Crippen LogP contribution in [0.4, 0.5) is 24.8 Å². The largest absolute Gasteiger partial charge is 0.416 e. The number of nitrogens with one attached hydrogen (secondary N) is 3. The predicted octanol–water partition coefficient (Wildman–Crippen LogP) is 1.49. The van der Waals surface area contributed by atoms with Gasteiger partial charge in [-0.05, 0) is 18.6 Å². The van der Waals surface area contributed by atoms with Crippen LogP contribution in [0.2, 0.25) is 0 Å². The highest BCUT2D eigenvalue weighted by molar-refractivity contribution is 7.88. The van der Waals surface area contributed by atoms with Crippen molar-refractivity contribution in [3.8, 4) is 0 Å². The first kappa shape index (κ1) is 17.5. The Kier molecular flexibility index (Phi) is 5.78. The molecule has 1 aromatic heterocycles. The van der Waals surface area contributed by atoms with Crippen LogP contribution in [0.5, 0.6) is 0 Å². The SMILES string of the molecule is CNc1cc(C(F)(F)F)cc(NCCCNS(C)(=O)=O)n1. The second kappa shape index (κ2) is 6.94. The number of alkyl halides is 3. The molecule has 120 valence electrons. The van der Waals surface area contributed by atoms with Crippen molar-refractivity contribution >= 4 is 21.7 Å². The predicted molar refractivity (Wildman–Crippen MR) is 74.7 cm³/mol. The fourth-order valence-electron chi connectivity index (χ4n) is 1.48. The molecule has 21 heavy (non-hydrogen) atoms. The average molecular weight is 326 g/mol. The van der Waals surface area contributed by atoms with Gasteiger partial charge in [0, 0.05) is 20.1 Å². The number of rotatable bonds is 7. The molecule has 0 aromatic carbocycles. The van der Waals surface area contributed by atoms with E-state index in [1.165, 1.54) is 7.05 Å². The van der Waals surface area contributed by atoms with E-state index in [-0.39, 0.29) is 18.2 Å². The van der Waals surface area contributed by atoms with Gasteiger partial charge in [0.05, 0.1) is 11.8 Å². The number of hydrogen-bond donors (Lipinski definition) is 3. The van der Waals surface area contributed by atoms with Crippen molar-refractivity contribution < 1.29 is 21.6 Å². The highest BCUT2D eigenvalue weighted by atomic mass is 32.2. The normalized spacial score (nSPS) is 12.2. The summed E-state index contributed by atoms with van der Waals surface area (Å²) in [6, 6.07) is 1.82. The Morgan fingerprint density at radius 3 is 2.33 bits per heavy atom. The average Bonchev–Trinajstić information content (AvgIpc) is 2.35. The third kappa shape index (κ3) is 6.63. The van der Waals surface area contributed by atoms with Gasteiger partial charge in [-0.25, -0.2) is 18.1 Å². The van der Waals surface area contributed by atoms with Crippen LogP contribution in [-0.4, -0.2) is 39.8 Å².